The summed E-state index contributed by atoms with van der Waals surface area (Å²) < 4.78 is 0.852. The standard InChI is InChI=1S/C13H14INO2/c1-8(2)6-7-15-12(16)9-4-3-5-10(14)11(9)13(15)17/h3-5,8H,6-7H2,1-2H3. The molecule has 0 aromatic heterocycles. The zero-order valence-electron chi connectivity index (χ0n) is 9.87. The molecule has 0 unspecified atom stereocenters. The molecule has 1 aromatic carbocycles. The molecule has 1 heterocycles. The number of amides is 2. The molecule has 0 saturated heterocycles. The fourth-order valence-electron chi connectivity index (χ4n) is 1.88. The predicted molar refractivity (Wildman–Crippen MR) is 74.0 cm³/mol. The highest BCUT2D eigenvalue weighted by Crippen LogP contribution is 2.27. The zero-order chi connectivity index (χ0) is 12.6. The van der Waals surface area contributed by atoms with Crippen molar-refractivity contribution in [1.29, 1.82) is 0 Å². The minimum atomic E-state index is -0.149. The first-order valence-electron chi connectivity index (χ1n) is 5.67. The minimum Gasteiger partial charge on any atom is -0.274 e. The molecule has 2 rings (SSSR count). The monoisotopic (exact) mass is 343 g/mol. The van der Waals surface area contributed by atoms with Crippen molar-refractivity contribution in [2.45, 2.75) is 20.3 Å². The normalized spacial score (nSPS) is 14.7. The topological polar surface area (TPSA) is 37.4 Å². The lowest BCUT2D eigenvalue weighted by Crippen LogP contribution is -2.31. The Balaban J connectivity index is 2.30. The molecule has 3 nitrogen and oxygen atoms in total. The highest BCUT2D eigenvalue weighted by molar-refractivity contribution is 14.1. The Kier molecular flexibility index (Phi) is 3.51. The lowest BCUT2D eigenvalue weighted by molar-refractivity contribution is 0.0647. The summed E-state index contributed by atoms with van der Waals surface area (Å²) in [6.45, 7) is 4.68. The number of halogens is 1. The molecule has 1 aliphatic heterocycles. The van der Waals surface area contributed by atoms with Crippen LogP contribution in [-0.2, 0) is 0 Å². The van der Waals surface area contributed by atoms with Crippen LogP contribution in [0.15, 0.2) is 18.2 Å². The number of carbonyl (C=O) groups excluding carboxylic acids is 2. The van der Waals surface area contributed by atoms with Crippen molar-refractivity contribution in [2.75, 3.05) is 6.54 Å². The van der Waals surface area contributed by atoms with Crippen molar-refractivity contribution in [3.63, 3.8) is 0 Å². The van der Waals surface area contributed by atoms with Gasteiger partial charge in [0, 0.05) is 10.1 Å². The number of hydrogen-bond donors (Lipinski definition) is 0. The molecule has 90 valence electrons. The summed E-state index contributed by atoms with van der Waals surface area (Å²) in [5, 5.41) is 0. The Morgan fingerprint density at radius 3 is 2.53 bits per heavy atom. The highest BCUT2D eigenvalue weighted by atomic mass is 127. The van der Waals surface area contributed by atoms with Crippen LogP contribution in [0.25, 0.3) is 0 Å². The summed E-state index contributed by atoms with van der Waals surface area (Å²) >= 11 is 2.10. The summed E-state index contributed by atoms with van der Waals surface area (Å²) in [4.78, 5) is 25.6. The number of imide groups is 1. The van der Waals surface area contributed by atoms with Crippen molar-refractivity contribution < 1.29 is 9.59 Å². The van der Waals surface area contributed by atoms with E-state index in [1.807, 2.05) is 12.1 Å². The van der Waals surface area contributed by atoms with Crippen molar-refractivity contribution >= 4 is 34.4 Å². The quantitative estimate of drug-likeness (QED) is 0.625. The van der Waals surface area contributed by atoms with E-state index in [4.69, 9.17) is 0 Å². The first-order chi connectivity index (χ1) is 8.02. The smallest absolute Gasteiger partial charge is 0.262 e. The van der Waals surface area contributed by atoms with Gasteiger partial charge in [-0.1, -0.05) is 19.9 Å². The lowest BCUT2D eigenvalue weighted by Gasteiger charge is -2.14. The average molecular weight is 343 g/mol. The third-order valence-electron chi connectivity index (χ3n) is 2.88. The fraction of sp³-hybridized carbons (Fsp3) is 0.385. The lowest BCUT2D eigenvalue weighted by atomic mass is 10.1. The third-order valence-corrected chi connectivity index (χ3v) is 3.78. The number of hydrogen-bond acceptors (Lipinski definition) is 2. The van der Waals surface area contributed by atoms with E-state index in [1.54, 1.807) is 6.07 Å². The average Bonchev–Trinajstić information content (AvgIpc) is 2.50. The van der Waals surface area contributed by atoms with Gasteiger partial charge in [-0.3, -0.25) is 14.5 Å². The van der Waals surface area contributed by atoms with E-state index in [0.717, 1.165) is 9.99 Å². The van der Waals surface area contributed by atoms with Crippen LogP contribution in [0, 0.1) is 9.49 Å². The molecule has 0 fully saturated rings. The molecule has 0 radical (unpaired) electrons. The van der Waals surface area contributed by atoms with Gasteiger partial charge in [-0.25, -0.2) is 0 Å². The first-order valence-corrected chi connectivity index (χ1v) is 6.75. The summed E-state index contributed by atoms with van der Waals surface area (Å²) in [6.07, 6.45) is 0.849. The van der Waals surface area contributed by atoms with Crippen LogP contribution < -0.4 is 0 Å². The number of benzene rings is 1. The van der Waals surface area contributed by atoms with Crippen LogP contribution in [0.2, 0.25) is 0 Å². The van der Waals surface area contributed by atoms with Gasteiger partial charge in [0.15, 0.2) is 0 Å². The van der Waals surface area contributed by atoms with E-state index >= 15 is 0 Å². The molecule has 0 spiro atoms. The number of nitrogens with zero attached hydrogens (tertiary/aromatic N) is 1. The van der Waals surface area contributed by atoms with Gasteiger partial charge in [-0.05, 0) is 47.1 Å². The van der Waals surface area contributed by atoms with Crippen LogP contribution in [0.1, 0.15) is 41.0 Å². The molecular weight excluding hydrogens is 329 g/mol. The van der Waals surface area contributed by atoms with E-state index in [2.05, 4.69) is 36.4 Å². The maximum absolute atomic E-state index is 12.1. The van der Waals surface area contributed by atoms with Crippen LogP contribution in [0.4, 0.5) is 0 Å². The molecule has 4 heteroatoms. The third kappa shape index (κ3) is 2.22. The second kappa shape index (κ2) is 4.76. The molecule has 0 N–H and O–H groups in total. The van der Waals surface area contributed by atoms with Crippen LogP contribution in [0.3, 0.4) is 0 Å². The fourth-order valence-corrected chi connectivity index (χ4v) is 2.61. The van der Waals surface area contributed by atoms with E-state index in [-0.39, 0.29) is 11.8 Å². The Hall–Kier alpha value is -0.910. The number of rotatable bonds is 3. The summed E-state index contributed by atoms with van der Waals surface area (Å²) in [6, 6.07) is 5.40. The van der Waals surface area contributed by atoms with E-state index < -0.39 is 0 Å². The second-order valence-corrected chi connectivity index (χ2v) is 5.77. The van der Waals surface area contributed by atoms with Crippen molar-refractivity contribution in [1.82, 2.24) is 4.90 Å². The summed E-state index contributed by atoms with van der Waals surface area (Å²) in [7, 11) is 0. The Morgan fingerprint density at radius 2 is 1.94 bits per heavy atom. The molecule has 2 amide bonds. The van der Waals surface area contributed by atoms with Gasteiger partial charge >= 0.3 is 0 Å². The molecule has 0 atom stereocenters. The van der Waals surface area contributed by atoms with Crippen molar-refractivity contribution in [3.8, 4) is 0 Å². The minimum absolute atomic E-state index is 0.143. The summed E-state index contributed by atoms with van der Waals surface area (Å²) in [5.74, 6) is 0.193. The van der Waals surface area contributed by atoms with Gasteiger partial charge in [-0.15, -0.1) is 0 Å². The second-order valence-electron chi connectivity index (χ2n) is 4.61. The van der Waals surface area contributed by atoms with E-state index in [1.165, 1.54) is 4.90 Å². The van der Waals surface area contributed by atoms with Crippen molar-refractivity contribution in [3.05, 3.63) is 32.9 Å². The molecule has 1 aliphatic rings. The largest absolute Gasteiger partial charge is 0.274 e. The van der Waals surface area contributed by atoms with E-state index in [9.17, 15) is 9.59 Å². The number of carbonyl (C=O) groups is 2. The summed E-state index contributed by atoms with van der Waals surface area (Å²) in [5.41, 5.74) is 1.12. The van der Waals surface area contributed by atoms with Gasteiger partial charge < -0.3 is 0 Å². The van der Waals surface area contributed by atoms with Gasteiger partial charge in [0.05, 0.1) is 11.1 Å². The predicted octanol–water partition coefficient (Wildman–Crippen LogP) is 2.93. The van der Waals surface area contributed by atoms with Gasteiger partial charge in [0.1, 0.15) is 0 Å². The zero-order valence-corrected chi connectivity index (χ0v) is 12.0. The van der Waals surface area contributed by atoms with Crippen LogP contribution in [-0.4, -0.2) is 23.3 Å². The van der Waals surface area contributed by atoms with Crippen LogP contribution in [0.5, 0.6) is 0 Å². The Bertz CT molecular complexity index is 482. The maximum atomic E-state index is 12.1. The molecular formula is C13H14INO2. The Morgan fingerprint density at radius 1 is 1.24 bits per heavy atom. The highest BCUT2D eigenvalue weighted by Gasteiger charge is 2.36. The molecule has 0 bridgehead atoms. The molecule has 0 aliphatic carbocycles. The maximum Gasteiger partial charge on any atom is 0.262 e. The first kappa shape index (κ1) is 12.5. The van der Waals surface area contributed by atoms with Crippen molar-refractivity contribution in [2.24, 2.45) is 5.92 Å². The van der Waals surface area contributed by atoms with Gasteiger partial charge in [0.2, 0.25) is 0 Å². The van der Waals surface area contributed by atoms with Gasteiger partial charge in [0.25, 0.3) is 11.8 Å². The van der Waals surface area contributed by atoms with Crippen LogP contribution >= 0.6 is 22.6 Å². The number of fused-ring (bicyclic) bond motifs is 1. The van der Waals surface area contributed by atoms with E-state index in [0.29, 0.717) is 23.6 Å². The van der Waals surface area contributed by atoms with Gasteiger partial charge in [-0.2, -0.15) is 0 Å². The molecule has 17 heavy (non-hydrogen) atoms. The Labute approximate surface area is 114 Å². The molecule has 0 saturated carbocycles. The molecule has 1 aromatic rings. The SMILES string of the molecule is CC(C)CCN1C(=O)c2cccc(I)c2C1=O.